The fraction of sp³-hybridized carbons (Fsp3) is 0.357. The number of nitrogens with two attached hydrogens (primary N) is 1. The molecule has 90 valence electrons. The molecular weight excluding hydrogens is 210 g/mol. The first kappa shape index (κ1) is 11.9. The van der Waals surface area contributed by atoms with E-state index in [2.05, 4.69) is 43.2 Å². The summed E-state index contributed by atoms with van der Waals surface area (Å²) in [5.74, 6) is 0. The number of hydrogen-bond donors (Lipinski definition) is 1. The van der Waals surface area contributed by atoms with Gasteiger partial charge in [0.2, 0.25) is 0 Å². The largest absolute Gasteiger partial charge is 0.326 e. The van der Waals surface area contributed by atoms with Crippen LogP contribution in [0.2, 0.25) is 0 Å². The summed E-state index contributed by atoms with van der Waals surface area (Å²) in [5.41, 5.74) is 10.5. The first-order valence-corrected chi connectivity index (χ1v) is 6.15. The highest BCUT2D eigenvalue weighted by Gasteiger charge is 2.08. The van der Waals surface area contributed by atoms with Crippen LogP contribution in [0.5, 0.6) is 0 Å². The lowest BCUT2D eigenvalue weighted by molar-refractivity contribution is 0.807. The molecule has 0 aliphatic rings. The van der Waals surface area contributed by atoms with E-state index in [9.17, 15) is 0 Å². The quantitative estimate of drug-likeness (QED) is 0.875. The lowest BCUT2D eigenvalue weighted by atomic mass is 10.1. The van der Waals surface area contributed by atoms with Crippen LogP contribution in [0.15, 0.2) is 30.5 Å². The summed E-state index contributed by atoms with van der Waals surface area (Å²) >= 11 is 0. The summed E-state index contributed by atoms with van der Waals surface area (Å²) < 4.78 is 1.99. The second kappa shape index (κ2) is 5.15. The van der Waals surface area contributed by atoms with Gasteiger partial charge in [-0.05, 0) is 30.5 Å². The minimum Gasteiger partial charge on any atom is -0.326 e. The van der Waals surface area contributed by atoms with Crippen LogP contribution in [0.3, 0.4) is 0 Å². The fourth-order valence-corrected chi connectivity index (χ4v) is 2.05. The number of aromatic nitrogens is 2. The lowest BCUT2D eigenvalue weighted by Crippen LogP contribution is -2.05. The standard InChI is InChI=1S/C14H19N3/c1-3-11-5-7-13(8-6-11)17-14(4-2)12(9-15)10-16-17/h5-8,10H,3-4,9,15H2,1-2H3. The van der Waals surface area contributed by atoms with Crippen LogP contribution in [-0.2, 0) is 19.4 Å². The summed E-state index contributed by atoms with van der Waals surface area (Å²) in [5, 5.41) is 4.42. The first-order valence-electron chi connectivity index (χ1n) is 6.15. The smallest absolute Gasteiger partial charge is 0.0649 e. The van der Waals surface area contributed by atoms with Crippen molar-refractivity contribution in [2.75, 3.05) is 0 Å². The van der Waals surface area contributed by atoms with E-state index in [1.807, 2.05) is 10.9 Å². The highest BCUT2D eigenvalue weighted by molar-refractivity contribution is 5.37. The van der Waals surface area contributed by atoms with E-state index >= 15 is 0 Å². The Hall–Kier alpha value is -1.61. The molecular formula is C14H19N3. The number of rotatable bonds is 4. The van der Waals surface area contributed by atoms with E-state index in [0.29, 0.717) is 6.54 Å². The maximum absolute atomic E-state index is 5.71. The molecule has 0 amide bonds. The molecule has 17 heavy (non-hydrogen) atoms. The molecule has 0 saturated heterocycles. The fourth-order valence-electron chi connectivity index (χ4n) is 2.05. The number of nitrogens with zero attached hydrogens (tertiary/aromatic N) is 2. The van der Waals surface area contributed by atoms with Crippen molar-refractivity contribution in [3.05, 3.63) is 47.3 Å². The van der Waals surface area contributed by atoms with Gasteiger partial charge >= 0.3 is 0 Å². The van der Waals surface area contributed by atoms with Crippen molar-refractivity contribution >= 4 is 0 Å². The molecule has 0 radical (unpaired) electrons. The molecule has 2 rings (SSSR count). The third-order valence-corrected chi connectivity index (χ3v) is 3.10. The van der Waals surface area contributed by atoms with Gasteiger partial charge in [0.1, 0.15) is 0 Å². The number of hydrogen-bond acceptors (Lipinski definition) is 2. The molecule has 2 aromatic rings. The monoisotopic (exact) mass is 229 g/mol. The second-order valence-electron chi connectivity index (χ2n) is 4.11. The molecule has 0 aliphatic carbocycles. The molecule has 0 bridgehead atoms. The Bertz CT molecular complexity index is 483. The van der Waals surface area contributed by atoms with Crippen molar-refractivity contribution < 1.29 is 0 Å². The van der Waals surface area contributed by atoms with E-state index in [0.717, 1.165) is 24.1 Å². The van der Waals surface area contributed by atoms with Crippen LogP contribution < -0.4 is 5.73 Å². The maximum Gasteiger partial charge on any atom is 0.0649 e. The summed E-state index contributed by atoms with van der Waals surface area (Å²) in [6, 6.07) is 8.54. The van der Waals surface area contributed by atoms with Crippen molar-refractivity contribution in [2.45, 2.75) is 33.2 Å². The van der Waals surface area contributed by atoms with Crippen molar-refractivity contribution in [1.29, 1.82) is 0 Å². The molecule has 1 heterocycles. The summed E-state index contributed by atoms with van der Waals surface area (Å²) in [7, 11) is 0. The topological polar surface area (TPSA) is 43.8 Å². The van der Waals surface area contributed by atoms with Gasteiger partial charge in [-0.3, -0.25) is 0 Å². The van der Waals surface area contributed by atoms with Gasteiger partial charge in [0.05, 0.1) is 11.9 Å². The Labute approximate surface area is 102 Å². The van der Waals surface area contributed by atoms with E-state index < -0.39 is 0 Å². The average Bonchev–Trinajstić information content (AvgIpc) is 2.81. The van der Waals surface area contributed by atoms with E-state index in [1.165, 1.54) is 11.3 Å². The van der Waals surface area contributed by atoms with Gasteiger partial charge in [-0.25, -0.2) is 4.68 Å². The van der Waals surface area contributed by atoms with Gasteiger partial charge in [0.15, 0.2) is 0 Å². The van der Waals surface area contributed by atoms with E-state index in [1.54, 1.807) is 0 Å². The summed E-state index contributed by atoms with van der Waals surface area (Å²) in [4.78, 5) is 0. The molecule has 0 unspecified atom stereocenters. The lowest BCUT2D eigenvalue weighted by Gasteiger charge is -2.08. The maximum atomic E-state index is 5.71. The van der Waals surface area contributed by atoms with Gasteiger partial charge in [0, 0.05) is 17.8 Å². The zero-order chi connectivity index (χ0) is 12.3. The van der Waals surface area contributed by atoms with Gasteiger partial charge in [-0.1, -0.05) is 26.0 Å². The van der Waals surface area contributed by atoms with Crippen molar-refractivity contribution in [3.8, 4) is 5.69 Å². The molecule has 0 atom stereocenters. The van der Waals surface area contributed by atoms with Gasteiger partial charge in [-0.15, -0.1) is 0 Å². The van der Waals surface area contributed by atoms with Crippen LogP contribution in [0.1, 0.15) is 30.7 Å². The third kappa shape index (κ3) is 2.24. The second-order valence-corrected chi connectivity index (χ2v) is 4.11. The van der Waals surface area contributed by atoms with Crippen molar-refractivity contribution in [1.82, 2.24) is 9.78 Å². The average molecular weight is 229 g/mol. The molecule has 3 nitrogen and oxygen atoms in total. The normalized spacial score (nSPS) is 10.8. The van der Waals surface area contributed by atoms with Gasteiger partial charge in [0.25, 0.3) is 0 Å². The van der Waals surface area contributed by atoms with Crippen molar-refractivity contribution in [2.24, 2.45) is 5.73 Å². The first-order chi connectivity index (χ1) is 8.30. The van der Waals surface area contributed by atoms with Crippen LogP contribution in [0.4, 0.5) is 0 Å². The van der Waals surface area contributed by atoms with E-state index in [4.69, 9.17) is 5.73 Å². The molecule has 1 aromatic carbocycles. The van der Waals surface area contributed by atoms with Gasteiger partial charge in [-0.2, -0.15) is 5.10 Å². The predicted octanol–water partition coefficient (Wildman–Crippen LogP) is 2.46. The molecule has 3 heteroatoms. The Morgan fingerprint density at radius 2 is 1.82 bits per heavy atom. The van der Waals surface area contributed by atoms with Crippen LogP contribution in [-0.4, -0.2) is 9.78 Å². The molecule has 2 N–H and O–H groups in total. The highest BCUT2D eigenvalue weighted by atomic mass is 15.3. The predicted molar refractivity (Wildman–Crippen MR) is 70.2 cm³/mol. The molecule has 1 aromatic heterocycles. The van der Waals surface area contributed by atoms with Crippen LogP contribution in [0.25, 0.3) is 5.69 Å². The number of aryl methyl sites for hydroxylation is 1. The molecule has 0 aliphatic heterocycles. The minimum atomic E-state index is 0.552. The molecule has 0 saturated carbocycles. The SMILES string of the molecule is CCc1ccc(-n2ncc(CN)c2CC)cc1. The third-order valence-electron chi connectivity index (χ3n) is 3.10. The van der Waals surface area contributed by atoms with Gasteiger partial charge < -0.3 is 5.73 Å². The Morgan fingerprint density at radius 1 is 1.12 bits per heavy atom. The van der Waals surface area contributed by atoms with Crippen molar-refractivity contribution in [3.63, 3.8) is 0 Å². The zero-order valence-electron chi connectivity index (χ0n) is 10.5. The Kier molecular flexibility index (Phi) is 3.59. The zero-order valence-corrected chi connectivity index (χ0v) is 10.5. The molecule has 0 fully saturated rings. The highest BCUT2D eigenvalue weighted by Crippen LogP contribution is 2.16. The van der Waals surface area contributed by atoms with Crippen LogP contribution >= 0.6 is 0 Å². The number of benzene rings is 1. The minimum absolute atomic E-state index is 0.552. The van der Waals surface area contributed by atoms with Crippen LogP contribution in [0, 0.1) is 0 Å². The van der Waals surface area contributed by atoms with E-state index in [-0.39, 0.29) is 0 Å². The summed E-state index contributed by atoms with van der Waals surface area (Å²) in [6.07, 6.45) is 3.88. The Balaban J connectivity index is 2.41. The molecule has 0 spiro atoms. The summed E-state index contributed by atoms with van der Waals surface area (Å²) in [6.45, 7) is 4.84. The Morgan fingerprint density at radius 3 is 2.35 bits per heavy atom.